The van der Waals surface area contributed by atoms with E-state index in [9.17, 15) is 4.79 Å². The number of anilines is 1. The molecule has 0 unspecified atom stereocenters. The summed E-state index contributed by atoms with van der Waals surface area (Å²) in [4.78, 5) is 20.1. The molecular formula is C9H13N3O3. The third-order valence-corrected chi connectivity index (χ3v) is 1.82. The molecule has 0 amide bonds. The number of carboxylic acid groups (broad SMARTS) is 1. The fourth-order valence-electron chi connectivity index (χ4n) is 1.09. The molecule has 82 valence electrons. The van der Waals surface area contributed by atoms with Crippen molar-refractivity contribution in [3.8, 4) is 5.88 Å². The lowest BCUT2D eigenvalue weighted by atomic mass is 10.5. The molecule has 0 aliphatic heterocycles. The van der Waals surface area contributed by atoms with Crippen LogP contribution in [0, 0.1) is 0 Å². The van der Waals surface area contributed by atoms with E-state index in [1.54, 1.807) is 11.0 Å². The number of rotatable bonds is 5. The van der Waals surface area contributed by atoms with Crippen LogP contribution >= 0.6 is 0 Å². The van der Waals surface area contributed by atoms with Gasteiger partial charge in [-0.25, -0.2) is 4.98 Å². The van der Waals surface area contributed by atoms with E-state index in [2.05, 4.69) is 9.97 Å². The molecule has 1 aromatic rings. The standard InChI is InChI=1S/C9H13N3O3/c1-3-12(6-8(13)14)9-10-5-4-7(11-9)15-2/h4-5H,3,6H2,1-2H3,(H,13,14). The van der Waals surface area contributed by atoms with Crippen molar-refractivity contribution in [3.63, 3.8) is 0 Å². The summed E-state index contributed by atoms with van der Waals surface area (Å²) in [5.41, 5.74) is 0. The molecule has 0 saturated carbocycles. The molecule has 6 nitrogen and oxygen atoms in total. The Kier molecular flexibility index (Phi) is 3.84. The fraction of sp³-hybridized carbons (Fsp3) is 0.444. The van der Waals surface area contributed by atoms with Gasteiger partial charge in [-0.2, -0.15) is 4.98 Å². The molecule has 1 heterocycles. The van der Waals surface area contributed by atoms with Crippen molar-refractivity contribution in [1.82, 2.24) is 9.97 Å². The second-order valence-corrected chi connectivity index (χ2v) is 2.81. The Morgan fingerprint density at radius 3 is 2.93 bits per heavy atom. The van der Waals surface area contributed by atoms with E-state index in [0.29, 0.717) is 18.4 Å². The first-order valence-corrected chi connectivity index (χ1v) is 4.51. The van der Waals surface area contributed by atoms with E-state index in [0.717, 1.165) is 0 Å². The normalized spacial score (nSPS) is 9.73. The summed E-state index contributed by atoms with van der Waals surface area (Å²) >= 11 is 0. The second kappa shape index (κ2) is 5.14. The Morgan fingerprint density at radius 2 is 2.40 bits per heavy atom. The Labute approximate surface area is 87.5 Å². The van der Waals surface area contributed by atoms with Gasteiger partial charge in [0.05, 0.1) is 7.11 Å². The number of likely N-dealkylation sites (N-methyl/N-ethyl adjacent to an activating group) is 1. The predicted octanol–water partition coefficient (Wildman–Crippen LogP) is 0.396. The molecule has 0 bridgehead atoms. The highest BCUT2D eigenvalue weighted by molar-refractivity contribution is 5.72. The largest absolute Gasteiger partial charge is 0.481 e. The van der Waals surface area contributed by atoms with Gasteiger partial charge in [0.2, 0.25) is 11.8 Å². The topological polar surface area (TPSA) is 75.6 Å². The molecular weight excluding hydrogens is 198 g/mol. The molecule has 0 aromatic carbocycles. The lowest BCUT2D eigenvalue weighted by molar-refractivity contribution is -0.135. The predicted molar refractivity (Wildman–Crippen MR) is 54.1 cm³/mol. The van der Waals surface area contributed by atoms with Crippen LogP contribution in [-0.4, -0.2) is 41.2 Å². The van der Waals surface area contributed by atoms with Crippen LogP contribution in [0.5, 0.6) is 5.88 Å². The SMILES string of the molecule is CCN(CC(=O)O)c1nccc(OC)n1. The van der Waals surface area contributed by atoms with Crippen molar-refractivity contribution in [1.29, 1.82) is 0 Å². The van der Waals surface area contributed by atoms with E-state index < -0.39 is 5.97 Å². The maximum absolute atomic E-state index is 10.6. The molecule has 0 fully saturated rings. The highest BCUT2D eigenvalue weighted by atomic mass is 16.5. The van der Waals surface area contributed by atoms with Crippen molar-refractivity contribution in [3.05, 3.63) is 12.3 Å². The van der Waals surface area contributed by atoms with Crippen LogP contribution in [0.4, 0.5) is 5.95 Å². The molecule has 0 spiro atoms. The Balaban J connectivity index is 2.85. The van der Waals surface area contributed by atoms with Gasteiger partial charge < -0.3 is 14.7 Å². The van der Waals surface area contributed by atoms with Crippen LogP contribution in [0.15, 0.2) is 12.3 Å². The lowest BCUT2D eigenvalue weighted by Gasteiger charge is -2.18. The van der Waals surface area contributed by atoms with E-state index in [1.807, 2.05) is 6.92 Å². The van der Waals surface area contributed by atoms with Gasteiger partial charge in [0.25, 0.3) is 0 Å². The minimum absolute atomic E-state index is 0.121. The highest BCUT2D eigenvalue weighted by Gasteiger charge is 2.11. The van der Waals surface area contributed by atoms with Gasteiger partial charge in [0, 0.05) is 18.8 Å². The number of carbonyl (C=O) groups is 1. The lowest BCUT2D eigenvalue weighted by Crippen LogP contribution is -2.30. The quantitative estimate of drug-likeness (QED) is 0.759. The van der Waals surface area contributed by atoms with Gasteiger partial charge in [-0.05, 0) is 6.92 Å². The van der Waals surface area contributed by atoms with Crippen molar-refractivity contribution < 1.29 is 14.6 Å². The Bertz CT molecular complexity index is 343. The molecule has 1 N–H and O–H groups in total. The van der Waals surface area contributed by atoms with Crippen molar-refractivity contribution in [2.75, 3.05) is 25.1 Å². The van der Waals surface area contributed by atoms with Gasteiger partial charge in [-0.15, -0.1) is 0 Å². The summed E-state index contributed by atoms with van der Waals surface area (Å²) in [6.07, 6.45) is 1.53. The van der Waals surface area contributed by atoms with Crippen LogP contribution in [0.1, 0.15) is 6.92 Å². The van der Waals surface area contributed by atoms with Crippen LogP contribution in [0.3, 0.4) is 0 Å². The molecule has 0 atom stereocenters. The van der Waals surface area contributed by atoms with Crippen molar-refractivity contribution in [2.24, 2.45) is 0 Å². The number of methoxy groups -OCH3 is 1. The fourth-order valence-corrected chi connectivity index (χ4v) is 1.09. The summed E-state index contributed by atoms with van der Waals surface area (Å²) in [6, 6.07) is 1.61. The average Bonchev–Trinajstić information content (AvgIpc) is 2.25. The molecule has 0 aliphatic carbocycles. The first kappa shape index (κ1) is 11.2. The number of hydrogen-bond acceptors (Lipinski definition) is 5. The number of carboxylic acids is 1. The van der Waals surface area contributed by atoms with E-state index in [-0.39, 0.29) is 6.54 Å². The van der Waals surface area contributed by atoms with Gasteiger partial charge >= 0.3 is 5.97 Å². The van der Waals surface area contributed by atoms with Gasteiger partial charge in [0.15, 0.2) is 0 Å². The van der Waals surface area contributed by atoms with E-state index in [4.69, 9.17) is 9.84 Å². The summed E-state index contributed by atoms with van der Waals surface area (Å²) in [7, 11) is 1.50. The maximum atomic E-state index is 10.6. The number of hydrogen-bond donors (Lipinski definition) is 1. The highest BCUT2D eigenvalue weighted by Crippen LogP contribution is 2.11. The van der Waals surface area contributed by atoms with Crippen LogP contribution < -0.4 is 9.64 Å². The van der Waals surface area contributed by atoms with Gasteiger partial charge in [0.1, 0.15) is 6.54 Å². The summed E-state index contributed by atoms with van der Waals surface area (Å²) in [5, 5.41) is 8.67. The zero-order chi connectivity index (χ0) is 11.3. The van der Waals surface area contributed by atoms with Gasteiger partial charge in [-0.1, -0.05) is 0 Å². The van der Waals surface area contributed by atoms with Crippen molar-refractivity contribution >= 4 is 11.9 Å². The average molecular weight is 211 g/mol. The molecule has 6 heteroatoms. The maximum Gasteiger partial charge on any atom is 0.323 e. The molecule has 0 radical (unpaired) electrons. The summed E-state index contributed by atoms with van der Waals surface area (Å²) in [6.45, 7) is 2.24. The Hall–Kier alpha value is -1.85. The third kappa shape index (κ3) is 3.08. The van der Waals surface area contributed by atoms with Crippen molar-refractivity contribution in [2.45, 2.75) is 6.92 Å². The zero-order valence-corrected chi connectivity index (χ0v) is 8.67. The number of nitrogens with zero attached hydrogens (tertiary/aromatic N) is 3. The third-order valence-electron chi connectivity index (χ3n) is 1.82. The monoisotopic (exact) mass is 211 g/mol. The number of aromatic nitrogens is 2. The number of aliphatic carboxylic acids is 1. The van der Waals surface area contributed by atoms with E-state index >= 15 is 0 Å². The van der Waals surface area contributed by atoms with Gasteiger partial charge in [-0.3, -0.25) is 4.79 Å². The first-order chi connectivity index (χ1) is 7.17. The number of ether oxygens (including phenoxy) is 1. The minimum atomic E-state index is -0.914. The molecule has 0 saturated heterocycles. The molecule has 15 heavy (non-hydrogen) atoms. The van der Waals surface area contributed by atoms with Crippen LogP contribution in [-0.2, 0) is 4.79 Å². The summed E-state index contributed by atoms with van der Waals surface area (Å²) < 4.78 is 4.93. The molecule has 1 rings (SSSR count). The summed E-state index contributed by atoms with van der Waals surface area (Å²) in [5.74, 6) is -0.133. The zero-order valence-electron chi connectivity index (χ0n) is 8.67. The minimum Gasteiger partial charge on any atom is -0.481 e. The van der Waals surface area contributed by atoms with Crippen LogP contribution in [0.25, 0.3) is 0 Å². The molecule has 1 aromatic heterocycles. The molecule has 0 aliphatic rings. The Morgan fingerprint density at radius 1 is 1.67 bits per heavy atom. The smallest absolute Gasteiger partial charge is 0.323 e. The second-order valence-electron chi connectivity index (χ2n) is 2.81. The first-order valence-electron chi connectivity index (χ1n) is 4.51. The van der Waals surface area contributed by atoms with E-state index in [1.165, 1.54) is 13.3 Å². The van der Waals surface area contributed by atoms with Crippen LogP contribution in [0.2, 0.25) is 0 Å².